The fourth-order valence-electron chi connectivity index (χ4n) is 2.22. The van der Waals surface area contributed by atoms with Crippen LogP contribution in [0, 0.1) is 5.92 Å². The van der Waals surface area contributed by atoms with Crippen LogP contribution in [0.15, 0.2) is 12.5 Å². The van der Waals surface area contributed by atoms with Crippen LogP contribution in [-0.4, -0.2) is 54.0 Å². The molecule has 0 saturated carbocycles. The maximum absolute atomic E-state index is 12.1. The van der Waals surface area contributed by atoms with Crippen molar-refractivity contribution in [2.45, 2.75) is 19.3 Å². The Hall–Kier alpha value is -0.960. The number of imidazole rings is 1. The number of hydrogen-bond donors (Lipinski definition) is 3. The molecule has 7 nitrogen and oxygen atoms in total. The van der Waals surface area contributed by atoms with Crippen molar-refractivity contribution in [2.24, 2.45) is 5.92 Å². The Balaban J connectivity index is 1.83. The lowest BCUT2D eigenvalue weighted by Gasteiger charge is -2.30. The second-order valence-corrected chi connectivity index (χ2v) is 6.53. The van der Waals surface area contributed by atoms with Crippen molar-refractivity contribution in [1.29, 1.82) is 0 Å². The lowest BCUT2D eigenvalue weighted by molar-refractivity contribution is 0.165. The molecule has 1 aliphatic heterocycles. The van der Waals surface area contributed by atoms with Crippen molar-refractivity contribution in [3.8, 4) is 0 Å². The van der Waals surface area contributed by atoms with E-state index < -0.39 is 10.2 Å². The van der Waals surface area contributed by atoms with E-state index in [1.807, 2.05) is 0 Å². The van der Waals surface area contributed by atoms with Crippen LogP contribution in [0.4, 0.5) is 0 Å². The van der Waals surface area contributed by atoms with Gasteiger partial charge in [0.15, 0.2) is 0 Å². The average Bonchev–Trinajstić information content (AvgIpc) is 2.92. The Labute approximate surface area is 113 Å². The first-order valence-electron chi connectivity index (χ1n) is 6.44. The normalized spacial score (nSPS) is 21.6. The third-order valence-corrected chi connectivity index (χ3v) is 4.89. The van der Waals surface area contributed by atoms with E-state index in [0.29, 0.717) is 26.1 Å². The summed E-state index contributed by atoms with van der Waals surface area (Å²) in [5.74, 6) is 0.0536. The van der Waals surface area contributed by atoms with Crippen molar-refractivity contribution < 1.29 is 13.5 Å². The van der Waals surface area contributed by atoms with Gasteiger partial charge in [-0.1, -0.05) is 0 Å². The van der Waals surface area contributed by atoms with Gasteiger partial charge in [0.2, 0.25) is 0 Å². The number of aromatic nitrogens is 2. The zero-order valence-electron chi connectivity index (χ0n) is 10.7. The minimum absolute atomic E-state index is 0.0418. The Morgan fingerprint density at radius 3 is 3.11 bits per heavy atom. The van der Waals surface area contributed by atoms with Crippen molar-refractivity contribution >= 4 is 10.2 Å². The molecule has 1 aliphatic rings. The molecule has 0 aromatic carbocycles. The van der Waals surface area contributed by atoms with E-state index in [1.54, 1.807) is 12.5 Å². The minimum atomic E-state index is -3.44. The average molecular weight is 288 g/mol. The van der Waals surface area contributed by atoms with Gasteiger partial charge < -0.3 is 10.1 Å². The molecule has 1 atom stereocenters. The molecule has 1 unspecified atom stereocenters. The van der Waals surface area contributed by atoms with Crippen molar-refractivity contribution in [1.82, 2.24) is 19.0 Å². The smallest absolute Gasteiger partial charge is 0.279 e. The summed E-state index contributed by atoms with van der Waals surface area (Å²) in [6.07, 6.45) is 5.51. The van der Waals surface area contributed by atoms with Gasteiger partial charge in [0.25, 0.3) is 10.2 Å². The second kappa shape index (κ2) is 6.47. The van der Waals surface area contributed by atoms with Gasteiger partial charge in [0.05, 0.1) is 6.33 Å². The first kappa shape index (κ1) is 14.4. The molecular formula is C11H20N4O3S. The minimum Gasteiger partial charge on any atom is -0.396 e. The summed E-state index contributed by atoms with van der Waals surface area (Å²) in [6, 6.07) is 0. The van der Waals surface area contributed by atoms with Gasteiger partial charge in [0.1, 0.15) is 0 Å². The van der Waals surface area contributed by atoms with Crippen molar-refractivity contribution in [2.75, 3.05) is 26.2 Å². The molecule has 2 heterocycles. The molecule has 1 fully saturated rings. The van der Waals surface area contributed by atoms with Crippen LogP contribution in [0.1, 0.15) is 18.5 Å². The zero-order chi connectivity index (χ0) is 13.7. The lowest BCUT2D eigenvalue weighted by Crippen LogP contribution is -2.47. The van der Waals surface area contributed by atoms with Crippen LogP contribution in [0.5, 0.6) is 0 Å². The fourth-order valence-corrected chi connectivity index (χ4v) is 3.54. The first-order valence-corrected chi connectivity index (χ1v) is 7.88. The highest BCUT2D eigenvalue weighted by Gasteiger charge is 2.27. The predicted molar refractivity (Wildman–Crippen MR) is 70.6 cm³/mol. The molecule has 8 heteroatoms. The number of aromatic amines is 1. The summed E-state index contributed by atoms with van der Waals surface area (Å²) < 4.78 is 28.2. The summed E-state index contributed by atoms with van der Waals surface area (Å²) in [6.45, 7) is 1.30. The molecular weight excluding hydrogens is 268 g/mol. The summed E-state index contributed by atoms with van der Waals surface area (Å²) >= 11 is 0. The van der Waals surface area contributed by atoms with Gasteiger partial charge in [0, 0.05) is 44.6 Å². The lowest BCUT2D eigenvalue weighted by atomic mass is 10.0. The van der Waals surface area contributed by atoms with Gasteiger partial charge in [-0.25, -0.2) is 9.71 Å². The number of nitrogens with one attached hydrogen (secondary N) is 2. The highest BCUT2D eigenvalue weighted by Crippen LogP contribution is 2.17. The monoisotopic (exact) mass is 288 g/mol. The van der Waals surface area contributed by atoms with E-state index >= 15 is 0 Å². The van der Waals surface area contributed by atoms with E-state index in [9.17, 15) is 8.42 Å². The van der Waals surface area contributed by atoms with Crippen LogP contribution < -0.4 is 4.72 Å². The van der Waals surface area contributed by atoms with Gasteiger partial charge in [-0.3, -0.25) is 0 Å². The fraction of sp³-hybridized carbons (Fsp3) is 0.727. The number of piperidine rings is 1. The molecule has 2 rings (SSSR count). The van der Waals surface area contributed by atoms with Crippen LogP contribution in [0.25, 0.3) is 0 Å². The van der Waals surface area contributed by atoms with E-state index in [2.05, 4.69) is 14.7 Å². The molecule has 0 radical (unpaired) electrons. The number of hydrogen-bond acceptors (Lipinski definition) is 4. The summed E-state index contributed by atoms with van der Waals surface area (Å²) in [7, 11) is -3.44. The van der Waals surface area contributed by atoms with Crippen molar-refractivity contribution in [3.05, 3.63) is 18.2 Å². The molecule has 1 aromatic heterocycles. The third-order valence-electron chi connectivity index (χ3n) is 3.31. The summed E-state index contributed by atoms with van der Waals surface area (Å²) in [5.41, 5.74) is 0.898. The van der Waals surface area contributed by atoms with Gasteiger partial charge in [-0.2, -0.15) is 12.7 Å². The zero-order valence-corrected chi connectivity index (χ0v) is 11.6. The highest BCUT2D eigenvalue weighted by atomic mass is 32.2. The Morgan fingerprint density at radius 2 is 2.42 bits per heavy atom. The third kappa shape index (κ3) is 4.00. The van der Waals surface area contributed by atoms with E-state index in [4.69, 9.17) is 5.11 Å². The molecule has 1 saturated heterocycles. The topological polar surface area (TPSA) is 98.3 Å². The van der Waals surface area contributed by atoms with E-state index in [-0.39, 0.29) is 12.5 Å². The maximum atomic E-state index is 12.1. The van der Waals surface area contributed by atoms with Crippen LogP contribution in [-0.2, 0) is 16.6 Å². The first-order chi connectivity index (χ1) is 9.12. The molecule has 0 spiro atoms. The molecule has 0 aliphatic carbocycles. The van der Waals surface area contributed by atoms with Gasteiger partial charge in [-0.05, 0) is 18.8 Å². The number of nitrogens with zero attached hydrogens (tertiary/aromatic N) is 2. The Morgan fingerprint density at radius 1 is 1.58 bits per heavy atom. The number of rotatable bonds is 6. The standard InChI is InChI=1S/C11H20N4O3S/c16-8-10-2-1-5-15(7-10)19(17,18)14-4-3-11-6-12-9-13-11/h6,9-10,14,16H,1-5,7-8H2,(H,12,13). The molecule has 19 heavy (non-hydrogen) atoms. The van der Waals surface area contributed by atoms with Gasteiger partial charge in [-0.15, -0.1) is 0 Å². The number of H-pyrrole nitrogens is 1. The second-order valence-electron chi connectivity index (χ2n) is 4.78. The Kier molecular flexibility index (Phi) is 4.92. The van der Waals surface area contributed by atoms with E-state index in [1.165, 1.54) is 4.31 Å². The van der Waals surface area contributed by atoms with Gasteiger partial charge >= 0.3 is 0 Å². The largest absolute Gasteiger partial charge is 0.396 e. The van der Waals surface area contributed by atoms with Crippen molar-refractivity contribution in [3.63, 3.8) is 0 Å². The molecule has 1 aromatic rings. The van der Waals surface area contributed by atoms with Crippen LogP contribution in [0.3, 0.4) is 0 Å². The summed E-state index contributed by atoms with van der Waals surface area (Å²) in [4.78, 5) is 6.80. The predicted octanol–water partition coefficient (Wildman–Crippen LogP) is -0.509. The van der Waals surface area contributed by atoms with Crippen LogP contribution in [0.2, 0.25) is 0 Å². The molecule has 0 amide bonds. The number of aliphatic hydroxyl groups is 1. The Bertz CT molecular complexity index is 474. The van der Waals surface area contributed by atoms with E-state index in [0.717, 1.165) is 18.5 Å². The number of aliphatic hydroxyl groups excluding tert-OH is 1. The summed E-state index contributed by atoms with van der Waals surface area (Å²) in [5, 5.41) is 9.12. The molecule has 0 bridgehead atoms. The molecule has 3 N–H and O–H groups in total. The van der Waals surface area contributed by atoms with Crippen LogP contribution >= 0.6 is 0 Å². The quantitative estimate of drug-likeness (QED) is 0.656. The highest BCUT2D eigenvalue weighted by molar-refractivity contribution is 7.87. The maximum Gasteiger partial charge on any atom is 0.279 e. The molecule has 108 valence electrons. The SMILES string of the molecule is O=S(=O)(NCCc1cnc[nH]1)N1CCCC(CO)C1.